The van der Waals surface area contributed by atoms with Crippen LogP contribution in [0.4, 0.5) is 17.3 Å². The predicted octanol–water partition coefficient (Wildman–Crippen LogP) is 2.08. The average Bonchev–Trinajstić information content (AvgIpc) is 2.36. The van der Waals surface area contributed by atoms with Crippen molar-refractivity contribution < 1.29 is 22.2 Å². The summed E-state index contributed by atoms with van der Waals surface area (Å²) in [6.07, 6.45) is 6.12. The van der Waals surface area contributed by atoms with Crippen molar-refractivity contribution in [1.82, 2.24) is 4.98 Å². The number of nitrogens with one attached hydrogen (secondary N) is 2. The second-order valence-corrected chi connectivity index (χ2v) is 2.35. The second kappa shape index (κ2) is 5.61. The highest BCUT2D eigenvalue weighted by Gasteiger charge is 2.20. The Morgan fingerprint density at radius 1 is 1.38 bits per heavy atom. The fourth-order valence-corrected chi connectivity index (χ4v) is 0.721. The van der Waals surface area contributed by atoms with Gasteiger partial charge in [0.2, 0.25) is 0 Å². The first kappa shape index (κ1) is 12.0. The molecule has 0 atom stereocenters. The van der Waals surface area contributed by atoms with Gasteiger partial charge in [0.05, 0.1) is 0 Å². The van der Waals surface area contributed by atoms with Crippen LogP contribution in [0.1, 0.15) is 19.2 Å². The lowest BCUT2D eigenvalue weighted by Gasteiger charge is -1.94. The first-order valence-corrected chi connectivity index (χ1v) is 3.84. The Morgan fingerprint density at radius 2 is 1.92 bits per heavy atom. The van der Waals surface area contributed by atoms with Gasteiger partial charge in [-0.25, -0.2) is 9.97 Å². The predicted molar refractivity (Wildman–Crippen MR) is 41.5 cm³/mol. The van der Waals surface area contributed by atoms with Crippen molar-refractivity contribution in [2.24, 2.45) is 0 Å². The smallest absolute Gasteiger partial charge is 0.418 e. The fourth-order valence-electron chi connectivity index (χ4n) is 0.721. The normalized spacial score (nSPS) is 10.5. The first-order chi connectivity index (χ1) is 5.93. The van der Waals surface area contributed by atoms with E-state index in [1.165, 1.54) is 12.2 Å². The second-order valence-electron chi connectivity index (χ2n) is 2.35. The van der Waals surface area contributed by atoms with Crippen molar-refractivity contribution in [2.45, 2.75) is 19.8 Å². The van der Waals surface area contributed by atoms with Gasteiger partial charge in [0, 0.05) is 6.42 Å². The molecule has 13 heavy (non-hydrogen) atoms. The highest BCUT2D eigenvalue weighted by atomic mass is 19.5. The summed E-state index contributed by atoms with van der Waals surface area (Å²) in [4.78, 5) is 6.16. The third-order valence-corrected chi connectivity index (χ3v) is 1.10. The minimum Gasteiger partial charge on any atom is -0.418 e. The maximum atomic E-state index is 9.75. The monoisotopic (exact) mass is 198 g/mol. The molecule has 2 N–H and O–H groups in total. The zero-order valence-corrected chi connectivity index (χ0v) is 7.16. The highest BCUT2D eigenvalue weighted by molar-refractivity contribution is 6.50. The van der Waals surface area contributed by atoms with E-state index < -0.39 is 7.25 Å². The van der Waals surface area contributed by atoms with Gasteiger partial charge in [-0.15, -0.1) is 0 Å². The molecule has 1 heterocycles. The maximum absolute atomic E-state index is 9.75. The minimum absolute atomic E-state index is 1.12. The molecule has 0 spiro atoms. The summed E-state index contributed by atoms with van der Waals surface area (Å²) in [6, 6.07) is 0. The summed E-state index contributed by atoms with van der Waals surface area (Å²) in [7, 11) is -6.00. The number of rotatable bonds is 2. The van der Waals surface area contributed by atoms with Crippen LogP contribution in [-0.4, -0.2) is 12.2 Å². The van der Waals surface area contributed by atoms with E-state index in [0.717, 1.165) is 6.42 Å². The van der Waals surface area contributed by atoms with E-state index in [9.17, 15) is 17.3 Å². The molecule has 0 fully saturated rings. The molecule has 1 aromatic rings. The van der Waals surface area contributed by atoms with Gasteiger partial charge in [0.25, 0.3) is 5.82 Å². The molecule has 2 nitrogen and oxygen atoms in total. The minimum atomic E-state index is -6.00. The van der Waals surface area contributed by atoms with Gasteiger partial charge in [-0.1, -0.05) is 6.92 Å². The number of hydrogen-bond donors (Lipinski definition) is 1. The molecular weight excluding hydrogens is 187 g/mol. The third kappa shape index (κ3) is 11.0. The van der Waals surface area contributed by atoms with E-state index in [4.69, 9.17) is 0 Å². The van der Waals surface area contributed by atoms with Crippen molar-refractivity contribution in [3.63, 3.8) is 0 Å². The molecule has 0 bridgehead atoms. The van der Waals surface area contributed by atoms with Crippen LogP contribution in [-0.2, 0) is 6.42 Å². The molecule has 0 saturated carbocycles. The molecule has 0 unspecified atom stereocenters. The molecule has 0 amide bonds. The van der Waals surface area contributed by atoms with E-state index in [2.05, 4.69) is 16.9 Å². The molecule has 0 saturated heterocycles. The Morgan fingerprint density at radius 3 is 2.23 bits per heavy atom. The lowest BCUT2D eigenvalue weighted by atomic mass is 10.3. The molecule has 76 valence electrons. The summed E-state index contributed by atoms with van der Waals surface area (Å²) in [6.45, 7) is 2.16. The van der Waals surface area contributed by atoms with E-state index in [1.54, 1.807) is 0 Å². The van der Waals surface area contributed by atoms with Crippen molar-refractivity contribution in [3.8, 4) is 0 Å². The van der Waals surface area contributed by atoms with Crippen LogP contribution in [0.2, 0.25) is 0 Å². The van der Waals surface area contributed by atoms with E-state index in [1.807, 2.05) is 12.4 Å². The number of imidazole rings is 1. The summed E-state index contributed by atoms with van der Waals surface area (Å²) in [5.41, 5.74) is 0. The first-order valence-electron chi connectivity index (χ1n) is 3.84. The topological polar surface area (TPSA) is 29.9 Å². The summed E-state index contributed by atoms with van der Waals surface area (Å²) in [5, 5.41) is 0. The highest BCUT2D eigenvalue weighted by Crippen LogP contribution is 2.06. The maximum Gasteiger partial charge on any atom is 0.673 e. The zero-order chi connectivity index (χ0) is 10.3. The SMILES string of the molecule is CCCc1[nH]cc[nH+]1.F[B-](F)(F)F. The Kier molecular flexibility index (Phi) is 5.17. The van der Waals surface area contributed by atoms with Crippen LogP contribution >= 0.6 is 0 Å². The van der Waals surface area contributed by atoms with Crippen molar-refractivity contribution >= 4 is 7.25 Å². The van der Waals surface area contributed by atoms with Crippen molar-refractivity contribution in [3.05, 3.63) is 18.2 Å². The molecule has 0 aliphatic heterocycles. The van der Waals surface area contributed by atoms with Crippen molar-refractivity contribution in [1.29, 1.82) is 0 Å². The molecular formula is C6H11BF4N2. The molecule has 0 aliphatic carbocycles. The van der Waals surface area contributed by atoms with Crippen LogP contribution in [0.25, 0.3) is 0 Å². The van der Waals surface area contributed by atoms with Crippen LogP contribution in [0.15, 0.2) is 12.4 Å². The Bertz CT molecular complexity index is 203. The standard InChI is InChI=1S/C6H10N2.BF4/c1-2-3-6-7-4-5-8-6;2-1(3,4)5/h4-5H,2-3H2,1H3,(H,7,8);/q;-1/p+1. The zero-order valence-electron chi connectivity index (χ0n) is 7.16. The molecule has 1 aromatic heterocycles. The van der Waals surface area contributed by atoms with E-state index in [0.29, 0.717) is 0 Å². The summed E-state index contributed by atoms with van der Waals surface area (Å²) >= 11 is 0. The molecule has 0 aromatic carbocycles. The van der Waals surface area contributed by atoms with Crippen molar-refractivity contribution in [2.75, 3.05) is 0 Å². The molecule has 0 aliphatic rings. The molecule has 0 radical (unpaired) electrons. The number of aromatic amines is 2. The molecule has 1 rings (SSSR count). The number of aromatic nitrogens is 2. The Balaban J connectivity index is 0.000000252. The lowest BCUT2D eigenvalue weighted by molar-refractivity contribution is -0.388. The van der Waals surface area contributed by atoms with Gasteiger partial charge in [0.15, 0.2) is 0 Å². The van der Waals surface area contributed by atoms with Crippen LogP contribution in [0.3, 0.4) is 0 Å². The van der Waals surface area contributed by atoms with Crippen LogP contribution < -0.4 is 4.98 Å². The van der Waals surface area contributed by atoms with Gasteiger partial charge in [-0.3, -0.25) is 0 Å². The number of aryl methyl sites for hydroxylation is 1. The van der Waals surface area contributed by atoms with Gasteiger partial charge < -0.3 is 17.3 Å². The molecule has 7 heteroatoms. The van der Waals surface area contributed by atoms with Crippen LogP contribution in [0, 0.1) is 0 Å². The van der Waals surface area contributed by atoms with Crippen LogP contribution in [0.5, 0.6) is 0 Å². The Hall–Kier alpha value is -1.01. The van der Waals surface area contributed by atoms with Gasteiger partial charge in [-0.05, 0) is 6.42 Å². The lowest BCUT2D eigenvalue weighted by Crippen LogP contribution is -2.04. The number of H-pyrrole nitrogens is 2. The third-order valence-electron chi connectivity index (χ3n) is 1.10. The summed E-state index contributed by atoms with van der Waals surface area (Å²) < 4.78 is 39.0. The van der Waals surface area contributed by atoms with Gasteiger partial charge in [-0.2, -0.15) is 0 Å². The van der Waals surface area contributed by atoms with E-state index in [-0.39, 0.29) is 0 Å². The van der Waals surface area contributed by atoms with Gasteiger partial charge >= 0.3 is 7.25 Å². The van der Waals surface area contributed by atoms with Gasteiger partial charge in [0.1, 0.15) is 12.4 Å². The average molecular weight is 198 g/mol. The number of hydrogen-bond acceptors (Lipinski definition) is 0. The Labute approximate surface area is 73.5 Å². The fraction of sp³-hybridized carbons (Fsp3) is 0.500. The quantitative estimate of drug-likeness (QED) is 0.556. The van der Waals surface area contributed by atoms with E-state index >= 15 is 0 Å². The number of halogens is 4. The largest absolute Gasteiger partial charge is 0.673 e. The summed E-state index contributed by atoms with van der Waals surface area (Å²) in [5.74, 6) is 1.22.